The van der Waals surface area contributed by atoms with Gasteiger partial charge in [0.25, 0.3) is 0 Å². The van der Waals surface area contributed by atoms with Crippen molar-refractivity contribution in [1.82, 2.24) is 0 Å². The molecule has 2 aromatic carbocycles. The Morgan fingerprint density at radius 2 is 1.19 bits per heavy atom. The molecule has 0 aliphatic carbocycles. The fraction of sp³-hybridized carbons (Fsp3) is 0.211. The number of nitrogens with one attached hydrogen (secondary N) is 2. The highest BCUT2D eigenvalue weighted by atomic mass is 16.5. The lowest BCUT2D eigenvalue weighted by molar-refractivity contribution is 0.0517. The van der Waals surface area contributed by atoms with Crippen LogP contribution in [0.25, 0.3) is 0 Å². The number of carbonyl (C=O) groups is 3. The largest absolute Gasteiger partial charge is 0.462 e. The fourth-order valence-electron chi connectivity index (χ4n) is 2.17. The zero-order chi connectivity index (χ0) is 18.9. The molecule has 7 nitrogen and oxygen atoms in total. The number of carbonyl (C=O) groups excluding carboxylic acids is 3. The molecule has 7 heteroatoms. The first-order valence-corrected chi connectivity index (χ1v) is 8.15. The van der Waals surface area contributed by atoms with Crippen molar-refractivity contribution in [2.24, 2.45) is 0 Å². The van der Waals surface area contributed by atoms with Gasteiger partial charge in [-0.1, -0.05) is 12.1 Å². The van der Waals surface area contributed by atoms with Crippen molar-refractivity contribution >= 4 is 29.3 Å². The van der Waals surface area contributed by atoms with E-state index >= 15 is 0 Å². The van der Waals surface area contributed by atoms with Gasteiger partial charge in [0.05, 0.1) is 24.3 Å². The Morgan fingerprint density at radius 1 is 0.769 bits per heavy atom. The maximum atomic E-state index is 12.1. The molecule has 0 spiro atoms. The number of benzene rings is 2. The predicted octanol–water partition coefficient (Wildman–Crippen LogP) is 3.68. The summed E-state index contributed by atoms with van der Waals surface area (Å²) < 4.78 is 9.86. The van der Waals surface area contributed by atoms with Crippen LogP contribution in [0.3, 0.4) is 0 Å². The van der Waals surface area contributed by atoms with Crippen molar-refractivity contribution in [2.75, 3.05) is 23.8 Å². The number of amides is 2. The first-order chi connectivity index (χ1) is 12.5. The normalized spacial score (nSPS) is 9.92. The summed E-state index contributed by atoms with van der Waals surface area (Å²) in [6.07, 6.45) is 0. The van der Waals surface area contributed by atoms with Gasteiger partial charge in [-0.3, -0.25) is 0 Å². The van der Waals surface area contributed by atoms with E-state index in [1.807, 2.05) is 0 Å². The van der Waals surface area contributed by atoms with E-state index in [4.69, 9.17) is 9.47 Å². The third-order valence-corrected chi connectivity index (χ3v) is 3.26. The van der Waals surface area contributed by atoms with Gasteiger partial charge in [-0.15, -0.1) is 0 Å². The SMILES string of the molecule is CCOC(=O)c1cccc(NC(=O)Nc2cccc(C(=O)OCC)c2)c1. The van der Waals surface area contributed by atoms with Crippen molar-refractivity contribution < 1.29 is 23.9 Å². The number of esters is 2. The molecule has 0 saturated heterocycles. The molecule has 0 aromatic heterocycles. The van der Waals surface area contributed by atoms with Gasteiger partial charge in [-0.2, -0.15) is 0 Å². The summed E-state index contributed by atoms with van der Waals surface area (Å²) in [4.78, 5) is 35.6. The topological polar surface area (TPSA) is 93.7 Å². The van der Waals surface area contributed by atoms with Gasteiger partial charge in [-0.25, -0.2) is 14.4 Å². The van der Waals surface area contributed by atoms with E-state index in [1.165, 1.54) is 12.1 Å². The number of hydrogen-bond acceptors (Lipinski definition) is 5. The number of urea groups is 1. The lowest BCUT2D eigenvalue weighted by Gasteiger charge is -2.10. The van der Waals surface area contributed by atoms with Gasteiger partial charge in [0.2, 0.25) is 0 Å². The molecule has 0 atom stereocenters. The third-order valence-electron chi connectivity index (χ3n) is 3.26. The van der Waals surface area contributed by atoms with E-state index in [2.05, 4.69) is 10.6 Å². The van der Waals surface area contributed by atoms with Crippen molar-refractivity contribution in [3.8, 4) is 0 Å². The lowest BCUT2D eigenvalue weighted by Crippen LogP contribution is -2.20. The summed E-state index contributed by atoms with van der Waals surface area (Å²) in [5.74, 6) is -0.919. The van der Waals surface area contributed by atoms with Crippen LogP contribution < -0.4 is 10.6 Å². The Kier molecular flexibility index (Phi) is 6.73. The highest BCUT2D eigenvalue weighted by Gasteiger charge is 2.10. The minimum atomic E-state index is -0.507. The second kappa shape index (κ2) is 9.22. The molecule has 0 aliphatic heterocycles. The predicted molar refractivity (Wildman–Crippen MR) is 97.4 cm³/mol. The van der Waals surface area contributed by atoms with Crippen LogP contribution in [0.5, 0.6) is 0 Å². The van der Waals surface area contributed by atoms with Crippen LogP contribution in [0.1, 0.15) is 34.6 Å². The standard InChI is InChI=1S/C19H20N2O5/c1-3-25-17(22)13-7-5-9-15(11-13)20-19(24)21-16-10-6-8-14(12-16)18(23)26-4-2/h5-12H,3-4H2,1-2H3,(H2,20,21,24). The summed E-state index contributed by atoms with van der Waals surface area (Å²) in [6.45, 7) is 3.98. The average Bonchev–Trinajstić information content (AvgIpc) is 2.62. The Bertz CT molecular complexity index is 739. The van der Waals surface area contributed by atoms with Crippen LogP contribution in [-0.4, -0.2) is 31.2 Å². The molecule has 0 radical (unpaired) electrons. The molecule has 2 N–H and O–H groups in total. The highest BCUT2D eigenvalue weighted by Crippen LogP contribution is 2.15. The second-order valence-corrected chi connectivity index (χ2v) is 5.18. The molecule has 26 heavy (non-hydrogen) atoms. The molecule has 0 fully saturated rings. The second-order valence-electron chi connectivity index (χ2n) is 5.18. The molecular weight excluding hydrogens is 336 g/mol. The molecular formula is C19H20N2O5. The molecule has 0 saturated carbocycles. The molecule has 136 valence electrons. The van der Waals surface area contributed by atoms with Crippen molar-refractivity contribution in [2.45, 2.75) is 13.8 Å². The van der Waals surface area contributed by atoms with Crippen LogP contribution in [0.2, 0.25) is 0 Å². The Morgan fingerprint density at radius 3 is 1.58 bits per heavy atom. The van der Waals surface area contributed by atoms with Gasteiger partial charge in [0, 0.05) is 11.4 Å². The fourth-order valence-corrected chi connectivity index (χ4v) is 2.17. The lowest BCUT2D eigenvalue weighted by atomic mass is 10.2. The number of rotatable bonds is 6. The number of hydrogen-bond donors (Lipinski definition) is 2. The van der Waals surface area contributed by atoms with Gasteiger partial charge < -0.3 is 20.1 Å². The van der Waals surface area contributed by atoms with E-state index < -0.39 is 18.0 Å². The minimum Gasteiger partial charge on any atom is -0.462 e. The first-order valence-electron chi connectivity index (χ1n) is 8.15. The Labute approximate surface area is 151 Å². The van der Waals surface area contributed by atoms with E-state index in [0.29, 0.717) is 22.5 Å². The van der Waals surface area contributed by atoms with E-state index in [1.54, 1.807) is 50.2 Å². The first kappa shape index (κ1) is 19.0. The number of anilines is 2. The Balaban J connectivity index is 2.03. The van der Waals surface area contributed by atoms with Gasteiger partial charge >= 0.3 is 18.0 Å². The van der Waals surface area contributed by atoms with Crippen molar-refractivity contribution in [1.29, 1.82) is 0 Å². The molecule has 2 aromatic rings. The van der Waals surface area contributed by atoms with Crippen LogP contribution in [0.4, 0.5) is 16.2 Å². The molecule has 0 aliphatic rings. The zero-order valence-corrected chi connectivity index (χ0v) is 14.6. The zero-order valence-electron chi connectivity index (χ0n) is 14.6. The summed E-state index contributed by atoms with van der Waals surface area (Å²) in [7, 11) is 0. The third kappa shape index (κ3) is 5.34. The Hall–Kier alpha value is -3.35. The molecule has 2 amide bonds. The molecule has 0 bridgehead atoms. The maximum absolute atomic E-state index is 12.1. The summed E-state index contributed by atoms with van der Waals surface area (Å²) >= 11 is 0. The van der Waals surface area contributed by atoms with Crippen LogP contribution in [0, 0.1) is 0 Å². The molecule has 0 unspecified atom stereocenters. The van der Waals surface area contributed by atoms with Crippen molar-refractivity contribution in [3.05, 3.63) is 59.7 Å². The maximum Gasteiger partial charge on any atom is 0.338 e. The van der Waals surface area contributed by atoms with Gasteiger partial charge in [0.1, 0.15) is 0 Å². The summed E-state index contributed by atoms with van der Waals surface area (Å²) in [6, 6.07) is 12.3. The van der Waals surface area contributed by atoms with E-state index in [9.17, 15) is 14.4 Å². The van der Waals surface area contributed by atoms with Crippen LogP contribution in [-0.2, 0) is 9.47 Å². The monoisotopic (exact) mass is 356 g/mol. The summed E-state index contributed by atoms with van der Waals surface area (Å²) in [5.41, 5.74) is 1.56. The highest BCUT2D eigenvalue weighted by molar-refractivity contribution is 6.01. The van der Waals surface area contributed by atoms with Crippen molar-refractivity contribution in [3.63, 3.8) is 0 Å². The smallest absolute Gasteiger partial charge is 0.338 e. The van der Waals surface area contributed by atoms with E-state index in [-0.39, 0.29) is 13.2 Å². The van der Waals surface area contributed by atoms with E-state index in [0.717, 1.165) is 0 Å². The van der Waals surface area contributed by atoms with Gasteiger partial charge in [0.15, 0.2) is 0 Å². The molecule has 2 rings (SSSR count). The molecule has 0 heterocycles. The quantitative estimate of drug-likeness (QED) is 0.770. The van der Waals surface area contributed by atoms with Crippen LogP contribution >= 0.6 is 0 Å². The van der Waals surface area contributed by atoms with Gasteiger partial charge in [-0.05, 0) is 50.2 Å². The summed E-state index contributed by atoms with van der Waals surface area (Å²) in [5, 5.41) is 5.26. The minimum absolute atomic E-state index is 0.272. The average molecular weight is 356 g/mol. The number of ether oxygens (including phenoxy) is 2. The van der Waals surface area contributed by atoms with Crippen LogP contribution in [0.15, 0.2) is 48.5 Å².